The number of carbonyl (C=O) groups is 1. The molecule has 21 heavy (non-hydrogen) atoms. The number of rotatable bonds is 4. The van der Waals surface area contributed by atoms with Crippen LogP contribution < -0.4 is 0 Å². The van der Waals surface area contributed by atoms with Crippen LogP contribution in [0.15, 0.2) is 24.3 Å². The smallest absolute Gasteiger partial charge is 0.240 e. The molecule has 3 heteroatoms. The second-order valence-corrected chi connectivity index (χ2v) is 6.16. The number of amides is 1. The van der Waals surface area contributed by atoms with Crippen LogP contribution in [0.4, 0.5) is 0 Å². The van der Waals surface area contributed by atoms with Gasteiger partial charge in [0.25, 0.3) is 0 Å². The van der Waals surface area contributed by atoms with Crippen LogP contribution in [0.5, 0.6) is 0 Å². The Morgan fingerprint density at radius 1 is 1.19 bits per heavy atom. The average Bonchev–Trinajstić information content (AvgIpc) is 2.90. The van der Waals surface area contributed by atoms with Gasteiger partial charge in [-0.3, -0.25) is 9.69 Å². The molecule has 1 aliphatic heterocycles. The summed E-state index contributed by atoms with van der Waals surface area (Å²) in [7, 11) is 0. The molecule has 1 saturated heterocycles. The second kappa shape index (κ2) is 6.18. The van der Waals surface area contributed by atoms with Gasteiger partial charge < -0.3 is 4.90 Å². The van der Waals surface area contributed by atoms with Crippen molar-refractivity contribution in [3.63, 3.8) is 0 Å². The van der Waals surface area contributed by atoms with Crippen LogP contribution in [0.25, 0.3) is 0 Å². The Labute approximate surface area is 127 Å². The zero-order valence-electron chi connectivity index (χ0n) is 13.2. The Balaban J connectivity index is 1.82. The van der Waals surface area contributed by atoms with Crippen molar-refractivity contribution in [2.75, 3.05) is 19.6 Å². The topological polar surface area (TPSA) is 23.6 Å². The summed E-state index contributed by atoms with van der Waals surface area (Å²) < 4.78 is 0. The number of likely N-dealkylation sites (tertiary alicyclic amines) is 1. The zero-order valence-corrected chi connectivity index (χ0v) is 13.2. The van der Waals surface area contributed by atoms with Crippen molar-refractivity contribution < 1.29 is 4.79 Å². The van der Waals surface area contributed by atoms with Crippen molar-refractivity contribution in [2.24, 2.45) is 0 Å². The summed E-state index contributed by atoms with van der Waals surface area (Å²) >= 11 is 0. The summed E-state index contributed by atoms with van der Waals surface area (Å²) in [6, 6.07) is 9.09. The molecule has 3 nitrogen and oxygen atoms in total. The van der Waals surface area contributed by atoms with Gasteiger partial charge in [0, 0.05) is 6.54 Å². The molecule has 0 spiro atoms. The van der Waals surface area contributed by atoms with Crippen LogP contribution in [-0.2, 0) is 11.2 Å². The highest BCUT2D eigenvalue weighted by atomic mass is 16.2. The number of aryl methyl sites for hydroxylation is 1. The maximum atomic E-state index is 12.9. The quantitative estimate of drug-likeness (QED) is 0.849. The van der Waals surface area contributed by atoms with E-state index >= 15 is 0 Å². The molecule has 1 heterocycles. The minimum atomic E-state index is 0.106. The molecule has 3 rings (SSSR count). The predicted octanol–water partition coefficient (Wildman–Crippen LogP) is 3.01. The summed E-state index contributed by atoms with van der Waals surface area (Å²) in [5.74, 6) is 0.348. The van der Waals surface area contributed by atoms with Crippen molar-refractivity contribution in [1.82, 2.24) is 9.80 Å². The summed E-state index contributed by atoms with van der Waals surface area (Å²) in [5.41, 5.74) is 2.82. The lowest BCUT2D eigenvalue weighted by molar-refractivity contribution is -0.134. The molecular weight excluding hydrogens is 260 g/mol. The van der Waals surface area contributed by atoms with Crippen LogP contribution in [0.1, 0.15) is 50.3 Å². The monoisotopic (exact) mass is 286 g/mol. The molecule has 0 bridgehead atoms. The highest BCUT2D eigenvalue weighted by Crippen LogP contribution is 2.37. The number of hydrogen-bond donors (Lipinski definition) is 0. The Morgan fingerprint density at radius 2 is 1.95 bits per heavy atom. The van der Waals surface area contributed by atoms with Crippen molar-refractivity contribution in [3.8, 4) is 0 Å². The van der Waals surface area contributed by atoms with E-state index in [0.29, 0.717) is 11.9 Å². The molecule has 1 aliphatic carbocycles. The van der Waals surface area contributed by atoms with E-state index in [4.69, 9.17) is 0 Å². The number of likely N-dealkylation sites (N-methyl/N-ethyl adjacent to an activating group) is 1. The first-order valence-corrected chi connectivity index (χ1v) is 8.38. The van der Waals surface area contributed by atoms with Gasteiger partial charge in [-0.05, 0) is 49.9 Å². The molecule has 0 radical (unpaired) electrons. The molecule has 0 N–H and O–H groups in total. The SMILES string of the molecule is CCN(CC)[C@H]1CCN([C@H]2CCCc3ccccc32)C1=O. The third-order valence-corrected chi connectivity index (χ3v) is 5.18. The van der Waals surface area contributed by atoms with Gasteiger partial charge in [-0.1, -0.05) is 38.1 Å². The van der Waals surface area contributed by atoms with Gasteiger partial charge in [0.2, 0.25) is 5.91 Å². The second-order valence-electron chi connectivity index (χ2n) is 6.16. The molecule has 0 unspecified atom stereocenters. The van der Waals surface area contributed by atoms with Gasteiger partial charge in [0.05, 0.1) is 12.1 Å². The fourth-order valence-corrected chi connectivity index (χ4v) is 4.05. The number of hydrogen-bond acceptors (Lipinski definition) is 2. The van der Waals surface area contributed by atoms with Crippen molar-refractivity contribution in [3.05, 3.63) is 35.4 Å². The summed E-state index contributed by atoms with van der Waals surface area (Å²) in [4.78, 5) is 17.3. The number of nitrogens with zero attached hydrogens (tertiary/aromatic N) is 2. The van der Waals surface area contributed by atoms with E-state index in [9.17, 15) is 4.79 Å². The van der Waals surface area contributed by atoms with Gasteiger partial charge in [0.15, 0.2) is 0 Å². The first-order valence-electron chi connectivity index (χ1n) is 8.38. The highest BCUT2D eigenvalue weighted by molar-refractivity contribution is 5.84. The van der Waals surface area contributed by atoms with Crippen LogP contribution in [-0.4, -0.2) is 41.4 Å². The molecule has 1 aromatic rings. The first kappa shape index (κ1) is 14.6. The number of benzene rings is 1. The fourth-order valence-electron chi connectivity index (χ4n) is 4.05. The van der Waals surface area contributed by atoms with E-state index in [1.165, 1.54) is 17.5 Å². The average molecular weight is 286 g/mol. The fraction of sp³-hybridized carbons (Fsp3) is 0.611. The molecule has 2 atom stereocenters. The normalized spacial score (nSPS) is 25.5. The van der Waals surface area contributed by atoms with Crippen LogP contribution in [0.3, 0.4) is 0 Å². The molecule has 1 aromatic carbocycles. The van der Waals surface area contributed by atoms with Crippen LogP contribution in [0.2, 0.25) is 0 Å². The van der Waals surface area contributed by atoms with E-state index in [1.807, 2.05) is 0 Å². The van der Waals surface area contributed by atoms with Gasteiger partial charge in [0.1, 0.15) is 0 Å². The molecular formula is C18H26N2O. The third kappa shape index (κ3) is 2.59. The minimum Gasteiger partial charge on any atom is -0.334 e. The molecule has 2 aliphatic rings. The molecule has 1 fully saturated rings. The Hall–Kier alpha value is -1.35. The van der Waals surface area contributed by atoms with E-state index in [1.54, 1.807) is 0 Å². The Morgan fingerprint density at radius 3 is 2.71 bits per heavy atom. The highest BCUT2D eigenvalue weighted by Gasteiger charge is 2.39. The summed E-state index contributed by atoms with van der Waals surface area (Å²) in [5, 5.41) is 0. The van der Waals surface area contributed by atoms with Crippen molar-refractivity contribution in [1.29, 1.82) is 0 Å². The van der Waals surface area contributed by atoms with Gasteiger partial charge in [-0.25, -0.2) is 0 Å². The standard InChI is InChI=1S/C18H26N2O/c1-3-19(4-2)17-12-13-20(18(17)21)16-11-7-9-14-8-5-6-10-15(14)16/h5-6,8,10,16-17H,3-4,7,9,11-13H2,1-2H3/t16-,17-/m0/s1. The number of carbonyl (C=O) groups excluding carboxylic acids is 1. The summed E-state index contributed by atoms with van der Waals surface area (Å²) in [6.07, 6.45) is 4.46. The first-order chi connectivity index (χ1) is 10.3. The molecule has 0 saturated carbocycles. The molecule has 0 aromatic heterocycles. The lowest BCUT2D eigenvalue weighted by Gasteiger charge is -2.34. The van der Waals surface area contributed by atoms with Crippen molar-refractivity contribution >= 4 is 5.91 Å². The lowest BCUT2D eigenvalue weighted by Crippen LogP contribution is -2.43. The Bertz CT molecular complexity index is 510. The maximum Gasteiger partial charge on any atom is 0.240 e. The minimum absolute atomic E-state index is 0.106. The molecule has 1 amide bonds. The largest absolute Gasteiger partial charge is 0.334 e. The van der Waals surface area contributed by atoms with E-state index in [2.05, 4.69) is 47.9 Å². The number of fused-ring (bicyclic) bond motifs is 1. The van der Waals surface area contributed by atoms with Crippen LogP contribution >= 0.6 is 0 Å². The van der Waals surface area contributed by atoms with Gasteiger partial charge in [-0.2, -0.15) is 0 Å². The van der Waals surface area contributed by atoms with Gasteiger partial charge in [-0.15, -0.1) is 0 Å². The third-order valence-electron chi connectivity index (χ3n) is 5.18. The zero-order chi connectivity index (χ0) is 14.8. The maximum absolute atomic E-state index is 12.9. The Kier molecular flexibility index (Phi) is 4.29. The molecule has 114 valence electrons. The van der Waals surface area contributed by atoms with E-state index in [-0.39, 0.29) is 6.04 Å². The summed E-state index contributed by atoms with van der Waals surface area (Å²) in [6.45, 7) is 7.13. The lowest BCUT2D eigenvalue weighted by atomic mass is 9.87. The predicted molar refractivity (Wildman–Crippen MR) is 85.2 cm³/mol. The van der Waals surface area contributed by atoms with E-state index < -0.39 is 0 Å². The van der Waals surface area contributed by atoms with E-state index in [0.717, 1.165) is 38.9 Å². The van der Waals surface area contributed by atoms with Gasteiger partial charge >= 0.3 is 0 Å². The van der Waals surface area contributed by atoms with Crippen molar-refractivity contribution in [2.45, 2.75) is 51.6 Å². The van der Waals surface area contributed by atoms with Crippen LogP contribution in [0, 0.1) is 0 Å².